The van der Waals surface area contributed by atoms with E-state index in [1.54, 1.807) is 17.5 Å². The van der Waals surface area contributed by atoms with Crippen LogP contribution >= 0.6 is 23.1 Å². The van der Waals surface area contributed by atoms with Gasteiger partial charge in [-0.3, -0.25) is 4.79 Å². The molecule has 1 aromatic carbocycles. The minimum Gasteiger partial charge on any atom is -0.293 e. The molecule has 0 spiro atoms. The molecule has 0 saturated heterocycles. The number of rotatable bonds is 4. The molecule has 1 heterocycles. The largest absolute Gasteiger partial charge is 0.293 e. The first kappa shape index (κ1) is 13.3. The Hall–Kier alpha value is -1.13. The number of aryl methyl sites for hydroxylation is 2. The van der Waals surface area contributed by atoms with Crippen molar-refractivity contribution in [2.75, 3.05) is 0 Å². The Morgan fingerprint density at radius 1 is 1.33 bits per heavy atom. The van der Waals surface area contributed by atoms with Crippen LogP contribution in [0.1, 0.15) is 28.4 Å². The minimum absolute atomic E-state index is 0.0988. The predicted molar refractivity (Wildman–Crippen MR) is 77.7 cm³/mol. The Bertz CT molecular complexity index is 549. The van der Waals surface area contributed by atoms with Crippen LogP contribution in [0.5, 0.6) is 0 Å². The first-order valence-electron chi connectivity index (χ1n) is 5.75. The SMILES string of the molecule is Cc1ccc(C(=O)C(C)Sc2nccs2)cc1C. The molecule has 0 aliphatic rings. The van der Waals surface area contributed by atoms with E-state index in [1.165, 1.54) is 17.3 Å². The number of aromatic nitrogens is 1. The van der Waals surface area contributed by atoms with Gasteiger partial charge in [0.1, 0.15) is 4.34 Å². The van der Waals surface area contributed by atoms with Crippen molar-refractivity contribution in [1.82, 2.24) is 4.98 Å². The number of ketones is 1. The molecule has 18 heavy (non-hydrogen) atoms. The van der Waals surface area contributed by atoms with Crippen molar-refractivity contribution in [2.45, 2.75) is 30.4 Å². The Morgan fingerprint density at radius 2 is 2.11 bits per heavy atom. The van der Waals surface area contributed by atoms with E-state index >= 15 is 0 Å². The van der Waals surface area contributed by atoms with Crippen LogP contribution in [0, 0.1) is 13.8 Å². The molecule has 1 aromatic heterocycles. The maximum atomic E-state index is 12.3. The fourth-order valence-electron chi connectivity index (χ4n) is 1.60. The lowest BCUT2D eigenvalue weighted by Gasteiger charge is -2.09. The highest BCUT2D eigenvalue weighted by molar-refractivity contribution is 8.02. The molecule has 0 saturated carbocycles. The number of benzene rings is 1. The summed E-state index contributed by atoms with van der Waals surface area (Å²) in [4.78, 5) is 16.5. The highest BCUT2D eigenvalue weighted by atomic mass is 32.2. The molecule has 1 atom stereocenters. The van der Waals surface area contributed by atoms with Gasteiger partial charge < -0.3 is 0 Å². The zero-order valence-electron chi connectivity index (χ0n) is 10.6. The van der Waals surface area contributed by atoms with Gasteiger partial charge in [0.2, 0.25) is 0 Å². The summed E-state index contributed by atoms with van der Waals surface area (Å²) < 4.78 is 0.944. The first-order valence-corrected chi connectivity index (χ1v) is 7.51. The fraction of sp³-hybridized carbons (Fsp3) is 0.286. The van der Waals surface area contributed by atoms with Crippen LogP contribution in [0.25, 0.3) is 0 Å². The van der Waals surface area contributed by atoms with Crippen LogP contribution < -0.4 is 0 Å². The molecule has 0 N–H and O–H groups in total. The van der Waals surface area contributed by atoms with Crippen LogP contribution in [0.4, 0.5) is 0 Å². The average molecular weight is 277 g/mol. The van der Waals surface area contributed by atoms with Crippen molar-refractivity contribution in [3.8, 4) is 0 Å². The van der Waals surface area contributed by atoms with Gasteiger partial charge in [-0.05, 0) is 38.0 Å². The van der Waals surface area contributed by atoms with E-state index in [2.05, 4.69) is 11.9 Å². The predicted octanol–water partition coefficient (Wildman–Crippen LogP) is 4.12. The van der Waals surface area contributed by atoms with Gasteiger partial charge in [0.15, 0.2) is 5.78 Å². The third-order valence-corrected chi connectivity index (χ3v) is 4.86. The minimum atomic E-state index is -0.0988. The number of carbonyl (C=O) groups is 1. The van der Waals surface area contributed by atoms with Gasteiger partial charge in [-0.15, -0.1) is 11.3 Å². The topological polar surface area (TPSA) is 30.0 Å². The highest BCUT2D eigenvalue weighted by Gasteiger charge is 2.17. The molecule has 0 aliphatic carbocycles. The first-order chi connectivity index (χ1) is 8.58. The normalized spacial score (nSPS) is 12.4. The number of nitrogens with zero attached hydrogens (tertiary/aromatic N) is 1. The number of Topliss-reactive ketones (excluding diaryl/α,β-unsaturated/α-hetero) is 1. The maximum Gasteiger partial charge on any atom is 0.175 e. The van der Waals surface area contributed by atoms with Crippen LogP contribution in [0.2, 0.25) is 0 Å². The summed E-state index contributed by atoms with van der Waals surface area (Å²) in [6, 6.07) is 5.88. The number of hydrogen-bond donors (Lipinski definition) is 0. The van der Waals surface area contributed by atoms with Crippen LogP contribution in [-0.4, -0.2) is 16.0 Å². The molecule has 0 fully saturated rings. The summed E-state index contributed by atoms with van der Waals surface area (Å²) in [5.41, 5.74) is 3.16. The van der Waals surface area contributed by atoms with Gasteiger partial charge in [0, 0.05) is 17.1 Å². The van der Waals surface area contributed by atoms with Crippen molar-refractivity contribution < 1.29 is 4.79 Å². The second kappa shape index (κ2) is 5.67. The summed E-state index contributed by atoms with van der Waals surface area (Å²) in [6.45, 7) is 6.02. The number of thioether (sulfide) groups is 1. The molecule has 0 radical (unpaired) electrons. The van der Waals surface area contributed by atoms with Crippen molar-refractivity contribution in [3.05, 3.63) is 46.5 Å². The average Bonchev–Trinajstić information content (AvgIpc) is 2.84. The maximum absolute atomic E-state index is 12.3. The Balaban J connectivity index is 2.12. The van der Waals surface area contributed by atoms with E-state index < -0.39 is 0 Å². The van der Waals surface area contributed by atoms with E-state index in [1.807, 2.05) is 37.4 Å². The third-order valence-electron chi connectivity index (χ3n) is 2.85. The highest BCUT2D eigenvalue weighted by Crippen LogP contribution is 2.27. The number of carbonyl (C=O) groups excluding carboxylic acids is 1. The zero-order chi connectivity index (χ0) is 13.1. The Labute approximate surface area is 115 Å². The molecule has 94 valence electrons. The fourth-order valence-corrected chi connectivity index (χ4v) is 3.45. The molecule has 0 bridgehead atoms. The molecule has 2 rings (SSSR count). The number of hydrogen-bond acceptors (Lipinski definition) is 4. The summed E-state index contributed by atoms with van der Waals surface area (Å²) >= 11 is 3.09. The molecule has 2 aromatic rings. The lowest BCUT2D eigenvalue weighted by atomic mass is 10.0. The van der Waals surface area contributed by atoms with Gasteiger partial charge in [0.05, 0.1) is 5.25 Å². The lowest BCUT2D eigenvalue weighted by molar-refractivity contribution is 0.0994. The monoisotopic (exact) mass is 277 g/mol. The molecule has 0 amide bonds. The van der Waals surface area contributed by atoms with Gasteiger partial charge in [-0.1, -0.05) is 23.9 Å². The smallest absolute Gasteiger partial charge is 0.175 e. The molecule has 2 nitrogen and oxygen atoms in total. The standard InChI is InChI=1S/C14H15NOS2/c1-9-4-5-12(8-10(9)2)13(16)11(3)18-14-15-6-7-17-14/h4-8,11H,1-3H3. The van der Waals surface area contributed by atoms with Crippen molar-refractivity contribution in [3.63, 3.8) is 0 Å². The van der Waals surface area contributed by atoms with Crippen molar-refractivity contribution in [1.29, 1.82) is 0 Å². The van der Waals surface area contributed by atoms with Crippen LogP contribution in [0.3, 0.4) is 0 Å². The molecule has 4 heteroatoms. The van der Waals surface area contributed by atoms with E-state index in [4.69, 9.17) is 0 Å². The van der Waals surface area contributed by atoms with E-state index in [9.17, 15) is 4.79 Å². The lowest BCUT2D eigenvalue weighted by Crippen LogP contribution is -2.13. The second-order valence-electron chi connectivity index (χ2n) is 4.22. The van der Waals surface area contributed by atoms with E-state index in [0.717, 1.165) is 15.5 Å². The molecule has 0 aliphatic heterocycles. The van der Waals surface area contributed by atoms with E-state index in [-0.39, 0.29) is 11.0 Å². The summed E-state index contributed by atoms with van der Waals surface area (Å²) in [6.07, 6.45) is 1.76. The third kappa shape index (κ3) is 3.00. The molecule has 1 unspecified atom stereocenters. The van der Waals surface area contributed by atoms with Gasteiger partial charge in [-0.2, -0.15) is 0 Å². The van der Waals surface area contributed by atoms with Gasteiger partial charge in [0.25, 0.3) is 0 Å². The quantitative estimate of drug-likeness (QED) is 0.622. The van der Waals surface area contributed by atoms with Crippen LogP contribution in [-0.2, 0) is 0 Å². The molecular weight excluding hydrogens is 262 g/mol. The molecular formula is C14H15NOS2. The second-order valence-corrected chi connectivity index (χ2v) is 6.70. The van der Waals surface area contributed by atoms with E-state index in [0.29, 0.717) is 0 Å². The summed E-state index contributed by atoms with van der Waals surface area (Å²) in [7, 11) is 0. The summed E-state index contributed by atoms with van der Waals surface area (Å²) in [5, 5.41) is 1.83. The van der Waals surface area contributed by atoms with Crippen LogP contribution in [0.15, 0.2) is 34.1 Å². The summed E-state index contributed by atoms with van der Waals surface area (Å²) in [5.74, 6) is 0.165. The van der Waals surface area contributed by atoms with Crippen molar-refractivity contribution in [2.24, 2.45) is 0 Å². The Morgan fingerprint density at radius 3 is 2.72 bits per heavy atom. The Kier molecular flexibility index (Phi) is 4.19. The van der Waals surface area contributed by atoms with Gasteiger partial charge >= 0.3 is 0 Å². The zero-order valence-corrected chi connectivity index (χ0v) is 12.3. The number of thiazole rings is 1. The van der Waals surface area contributed by atoms with Crippen molar-refractivity contribution >= 4 is 28.9 Å². The van der Waals surface area contributed by atoms with Gasteiger partial charge in [-0.25, -0.2) is 4.98 Å².